The monoisotopic (exact) mass is 85.1 g/mol. The van der Waals surface area contributed by atoms with Gasteiger partial charge in [0.2, 0.25) is 5.84 Å². The van der Waals surface area contributed by atoms with Crippen LogP contribution in [-0.2, 0) is 0 Å². The van der Waals surface area contributed by atoms with Gasteiger partial charge in [0, 0.05) is 0 Å². The highest BCUT2D eigenvalue weighted by molar-refractivity contribution is 5.77. The summed E-state index contributed by atoms with van der Waals surface area (Å²) in [6, 6.07) is 0. The Morgan fingerprint density at radius 3 is 2.33 bits per heavy atom. The van der Waals surface area contributed by atoms with Crippen LogP contribution in [0.15, 0.2) is 0 Å². The molecule has 2 nitrogen and oxygen atoms in total. The van der Waals surface area contributed by atoms with Crippen LogP contribution >= 0.6 is 0 Å². The molecule has 1 rings (SSSR count). The zero-order chi connectivity index (χ0) is 4.57. The van der Waals surface area contributed by atoms with Crippen LogP contribution in [-0.4, -0.2) is 24.0 Å². The molecule has 0 aromatic carbocycles. The molecule has 1 aliphatic rings. The summed E-state index contributed by atoms with van der Waals surface area (Å²) in [5.41, 5.74) is 5.36. The maximum atomic E-state index is 5.36. The Balaban J connectivity index is 2.66. The maximum absolute atomic E-state index is 5.36. The molecule has 2 heteroatoms. The lowest BCUT2D eigenvalue weighted by Crippen LogP contribution is -2.37. The highest BCUT2D eigenvalue weighted by atomic mass is 15.1. The molecule has 0 spiro atoms. The summed E-state index contributed by atoms with van der Waals surface area (Å²) >= 11 is 0. The van der Waals surface area contributed by atoms with Crippen LogP contribution < -0.4 is 5.73 Å². The second-order valence-electron chi connectivity index (χ2n) is 1.66. The average molecular weight is 85.1 g/mol. The number of nitrogens with zero attached hydrogens (tertiary/aromatic N) is 1. The first-order valence-electron chi connectivity index (χ1n) is 2.13. The fourth-order valence-corrected chi connectivity index (χ4v) is 0.465. The van der Waals surface area contributed by atoms with E-state index in [0.717, 1.165) is 18.8 Å². The SMILES string of the molecule is C[N+]1=C(N)CC1. The highest BCUT2D eigenvalue weighted by Crippen LogP contribution is 1.90. The third kappa shape index (κ3) is 0.295. The topological polar surface area (TPSA) is 29.0 Å². The first kappa shape index (κ1) is 3.65. The summed E-state index contributed by atoms with van der Waals surface area (Å²) in [6.07, 6.45) is 1.09. The highest BCUT2D eigenvalue weighted by Gasteiger charge is 2.13. The molecule has 34 valence electrons. The third-order valence-electron chi connectivity index (χ3n) is 1.19. The van der Waals surface area contributed by atoms with E-state index in [0.29, 0.717) is 0 Å². The van der Waals surface area contributed by atoms with Gasteiger partial charge in [-0.3, -0.25) is 10.3 Å². The van der Waals surface area contributed by atoms with Crippen LogP contribution in [0.3, 0.4) is 0 Å². The van der Waals surface area contributed by atoms with E-state index in [1.165, 1.54) is 0 Å². The number of rotatable bonds is 0. The number of amidine groups is 1. The van der Waals surface area contributed by atoms with Gasteiger partial charge in [0.15, 0.2) is 0 Å². The molecule has 0 unspecified atom stereocenters. The molecule has 6 heavy (non-hydrogen) atoms. The summed E-state index contributed by atoms with van der Waals surface area (Å²) in [4.78, 5) is 0. The van der Waals surface area contributed by atoms with Crippen molar-refractivity contribution in [1.29, 1.82) is 0 Å². The molecule has 0 radical (unpaired) electrons. The van der Waals surface area contributed by atoms with Gasteiger partial charge in [-0.2, -0.15) is 0 Å². The van der Waals surface area contributed by atoms with E-state index in [-0.39, 0.29) is 0 Å². The van der Waals surface area contributed by atoms with Gasteiger partial charge in [-0.05, 0) is 0 Å². The summed E-state index contributed by atoms with van der Waals surface area (Å²) in [6.45, 7) is 1.14. The molecule has 1 aliphatic heterocycles. The van der Waals surface area contributed by atoms with Gasteiger partial charge in [-0.25, -0.2) is 0 Å². The molecule has 0 aliphatic carbocycles. The molecule has 0 bridgehead atoms. The van der Waals surface area contributed by atoms with Crippen molar-refractivity contribution in [3.63, 3.8) is 0 Å². The molecule has 0 aromatic heterocycles. The number of hydrogen-bond acceptors (Lipinski definition) is 1. The predicted molar refractivity (Wildman–Crippen MR) is 24.9 cm³/mol. The molecule has 0 saturated carbocycles. The molecule has 0 amide bonds. The zero-order valence-electron chi connectivity index (χ0n) is 3.94. The Hall–Kier alpha value is -0.530. The van der Waals surface area contributed by atoms with Gasteiger partial charge in [-0.1, -0.05) is 0 Å². The predicted octanol–water partition coefficient (Wildman–Crippen LogP) is -0.610. The number of hydrogen-bond donors (Lipinski definition) is 1. The first-order valence-corrected chi connectivity index (χ1v) is 2.13. The second kappa shape index (κ2) is 0.965. The minimum Gasteiger partial charge on any atom is -0.291 e. The van der Waals surface area contributed by atoms with E-state index < -0.39 is 0 Å². The molecular weight excluding hydrogens is 76.1 g/mol. The third-order valence-corrected chi connectivity index (χ3v) is 1.19. The lowest BCUT2D eigenvalue weighted by molar-refractivity contribution is -0.523. The molecule has 0 atom stereocenters. The van der Waals surface area contributed by atoms with Gasteiger partial charge in [-0.15, -0.1) is 0 Å². The van der Waals surface area contributed by atoms with E-state index in [2.05, 4.69) is 0 Å². The second-order valence-corrected chi connectivity index (χ2v) is 1.66. The molecule has 2 N–H and O–H groups in total. The molecule has 1 heterocycles. The minimum atomic E-state index is 1.02. The van der Waals surface area contributed by atoms with Gasteiger partial charge < -0.3 is 0 Å². The van der Waals surface area contributed by atoms with Crippen molar-refractivity contribution in [2.24, 2.45) is 5.73 Å². The standard InChI is InChI=1S/C4H8N2/c1-6-3-2-4(6)5/h5H,2-3H2,1H3/p+1. The maximum Gasteiger partial charge on any atom is 0.246 e. The first-order chi connectivity index (χ1) is 2.80. The van der Waals surface area contributed by atoms with Crippen molar-refractivity contribution in [2.75, 3.05) is 13.6 Å². The Labute approximate surface area is 37.3 Å². The van der Waals surface area contributed by atoms with Crippen LogP contribution in [0.1, 0.15) is 6.42 Å². The fraction of sp³-hybridized carbons (Fsp3) is 0.750. The smallest absolute Gasteiger partial charge is 0.246 e. The van der Waals surface area contributed by atoms with E-state index >= 15 is 0 Å². The van der Waals surface area contributed by atoms with Crippen LogP contribution in [0.25, 0.3) is 0 Å². The zero-order valence-corrected chi connectivity index (χ0v) is 3.94. The fourth-order valence-electron chi connectivity index (χ4n) is 0.465. The summed E-state index contributed by atoms with van der Waals surface area (Å²) in [7, 11) is 2.00. The summed E-state index contributed by atoms with van der Waals surface area (Å²) in [5, 5.41) is 0. The van der Waals surface area contributed by atoms with Gasteiger partial charge in [0.05, 0.1) is 20.0 Å². The van der Waals surface area contributed by atoms with Gasteiger partial charge >= 0.3 is 0 Å². The van der Waals surface area contributed by atoms with Crippen molar-refractivity contribution < 1.29 is 4.58 Å². The van der Waals surface area contributed by atoms with Crippen molar-refractivity contribution in [1.82, 2.24) is 0 Å². The number of nitrogens with two attached hydrogens (primary N) is 1. The Kier molecular flexibility index (Phi) is 0.587. The van der Waals surface area contributed by atoms with Crippen LogP contribution in [0.4, 0.5) is 0 Å². The van der Waals surface area contributed by atoms with Gasteiger partial charge in [0.25, 0.3) is 0 Å². The lowest BCUT2D eigenvalue weighted by Gasteiger charge is -2.09. The molecular formula is C4H9N2+. The Bertz CT molecular complexity index is 81.7. The van der Waals surface area contributed by atoms with Crippen LogP contribution in [0.5, 0.6) is 0 Å². The van der Waals surface area contributed by atoms with E-state index in [1.54, 1.807) is 0 Å². The van der Waals surface area contributed by atoms with Crippen molar-refractivity contribution in [3.8, 4) is 0 Å². The van der Waals surface area contributed by atoms with Crippen LogP contribution in [0, 0.1) is 0 Å². The quantitative estimate of drug-likeness (QED) is 0.391. The van der Waals surface area contributed by atoms with Gasteiger partial charge in [0.1, 0.15) is 0 Å². The Morgan fingerprint density at radius 1 is 1.83 bits per heavy atom. The lowest BCUT2D eigenvalue weighted by atomic mass is 10.3. The minimum absolute atomic E-state index is 1.02. The molecule has 0 fully saturated rings. The van der Waals surface area contributed by atoms with E-state index in [4.69, 9.17) is 5.73 Å². The summed E-state index contributed by atoms with van der Waals surface area (Å²) < 4.78 is 2.04. The normalized spacial score (nSPS) is 20.8. The van der Waals surface area contributed by atoms with E-state index in [9.17, 15) is 0 Å². The summed E-state index contributed by atoms with van der Waals surface area (Å²) in [5.74, 6) is 1.02. The van der Waals surface area contributed by atoms with E-state index in [1.807, 2.05) is 11.6 Å². The van der Waals surface area contributed by atoms with Crippen molar-refractivity contribution >= 4 is 5.84 Å². The Morgan fingerprint density at radius 2 is 2.33 bits per heavy atom. The van der Waals surface area contributed by atoms with Crippen molar-refractivity contribution in [2.45, 2.75) is 6.42 Å². The van der Waals surface area contributed by atoms with Crippen LogP contribution in [0.2, 0.25) is 0 Å². The largest absolute Gasteiger partial charge is 0.291 e. The average Bonchev–Trinajstić information content (AvgIpc) is 1.61. The molecule has 0 aromatic rings. The van der Waals surface area contributed by atoms with Crippen molar-refractivity contribution in [3.05, 3.63) is 0 Å². The molecule has 0 saturated heterocycles.